The summed E-state index contributed by atoms with van der Waals surface area (Å²) in [6.07, 6.45) is -13.3. The lowest BCUT2D eigenvalue weighted by Gasteiger charge is -2.36. The fourth-order valence-electron chi connectivity index (χ4n) is 8.73. The molecule has 404 valence electrons. The van der Waals surface area contributed by atoms with Gasteiger partial charge in [-0.05, 0) is 127 Å². The van der Waals surface area contributed by atoms with Crippen molar-refractivity contribution in [2.45, 2.75) is 38.7 Å². The van der Waals surface area contributed by atoms with Crippen LogP contribution in [-0.2, 0) is 13.2 Å². The van der Waals surface area contributed by atoms with Crippen LogP contribution in [0.4, 0.5) is 11.4 Å². The van der Waals surface area contributed by atoms with Crippen molar-refractivity contribution < 1.29 is 40.9 Å². The first kappa shape index (κ1) is 39.0. The maximum atomic E-state index is 8.76. The summed E-state index contributed by atoms with van der Waals surface area (Å²) in [5.74, 6) is 0.496. The van der Waals surface area contributed by atoms with Crippen LogP contribution in [-0.4, -0.2) is 92.1 Å². The number of hydrogen-bond acceptors (Lipinski definition) is 12. The zero-order valence-electron chi connectivity index (χ0n) is 58.4. The zero-order valence-corrected chi connectivity index (χ0v) is 46.4. The summed E-state index contributed by atoms with van der Waals surface area (Å²) in [6.45, 7) is -3.22. The van der Waals surface area contributed by atoms with Crippen molar-refractivity contribution in [2.75, 3.05) is 87.1 Å². The molecule has 10 aromatic rings. The molecule has 0 bridgehead atoms. The van der Waals surface area contributed by atoms with Crippen LogP contribution >= 0.6 is 51.0 Å². The SMILES string of the molecule is Cl.[2H]C([2H])(Br)C([2H])([2H])C([2H])([2H])C([2H])([2H])Oc1ccc2ccc(OCc3ccccc3)nc2c1.[2H]C([2H])(Oc1ccc2ccc(OCc3ccccc3)nc2c1)C([2H])([2H])C([2H])([2H])C([2H])([2H])N1CCN(c2cccc3sccc23)CC1.c1cc(N2CCNCC2)c2ccsc2c1. The van der Waals surface area contributed by atoms with Gasteiger partial charge in [0.1, 0.15) is 24.7 Å². The predicted octanol–water partition coefficient (Wildman–Crippen LogP) is 15.1. The Hall–Kier alpha value is -6.45. The number of nitrogens with one attached hydrogen (secondary N) is 1. The third-order valence-electron chi connectivity index (χ3n) is 12.6. The number of anilines is 2. The predicted molar refractivity (Wildman–Crippen MR) is 333 cm³/mol. The smallest absolute Gasteiger partial charge is 0.214 e. The van der Waals surface area contributed by atoms with E-state index in [0.29, 0.717) is 59.9 Å². The summed E-state index contributed by atoms with van der Waals surface area (Å²) in [5, 5.41) is 8.67. The first-order chi connectivity index (χ1) is 44.0. The van der Waals surface area contributed by atoms with Crippen LogP contribution in [0.2, 0.25) is 0 Å². The molecule has 78 heavy (non-hydrogen) atoms. The van der Waals surface area contributed by atoms with E-state index in [0.717, 1.165) is 53.1 Å². The Morgan fingerprint density at radius 2 is 0.987 bits per heavy atom. The highest BCUT2D eigenvalue weighted by atomic mass is 79.9. The van der Waals surface area contributed by atoms with Crippen molar-refractivity contribution in [3.05, 3.63) is 192 Å². The highest BCUT2D eigenvalue weighted by Crippen LogP contribution is 2.33. The average molecular weight is 1180 g/mol. The Morgan fingerprint density at radius 3 is 1.50 bits per heavy atom. The van der Waals surface area contributed by atoms with Gasteiger partial charge >= 0.3 is 0 Å². The minimum atomic E-state index is -3.41. The zero-order chi connectivity index (χ0) is 66.6. The lowest BCUT2D eigenvalue weighted by molar-refractivity contribution is 0.239. The molecular formula is C64H68BrClN6O4S2. The molecule has 0 atom stereocenters. The Labute approximate surface area is 504 Å². The third kappa shape index (κ3) is 15.9. The van der Waals surface area contributed by atoms with E-state index in [9.17, 15) is 0 Å². The highest BCUT2D eigenvalue weighted by Gasteiger charge is 2.19. The number of nitrogens with zero attached hydrogens (tertiary/aromatic N) is 5. The van der Waals surface area contributed by atoms with Crippen molar-refractivity contribution in [1.82, 2.24) is 20.2 Å². The number of hydrogen-bond donors (Lipinski definition) is 1. The molecule has 0 aliphatic carbocycles. The number of ether oxygens (including phenoxy) is 4. The molecule has 0 amide bonds. The average Bonchev–Trinajstić information content (AvgIpc) is 0.933. The number of halogens is 2. The lowest BCUT2D eigenvalue weighted by atomic mass is 10.2. The lowest BCUT2D eigenvalue weighted by Crippen LogP contribution is -2.46. The number of piperazine rings is 2. The quantitative estimate of drug-likeness (QED) is 0.0791. The van der Waals surface area contributed by atoms with Crippen LogP contribution in [0.15, 0.2) is 181 Å². The maximum absolute atomic E-state index is 8.76. The molecule has 4 aromatic heterocycles. The van der Waals surface area contributed by atoms with Gasteiger partial charge in [-0.1, -0.05) is 88.7 Å². The standard InChI is InChI=1S/C32H33N3O2S.C20H20BrNO2.C12H14N2S.ClH/c1-2-7-25(8-3-1)24-37-32-14-12-26-11-13-27(23-29(26)33-32)36-21-5-4-16-34-17-19-35(20-18-34)30-9-6-10-31-28(30)15-22-38-31;21-12-4-5-13-23-18-10-8-17-9-11-20(22-19(17)14-18)24-15-16-6-2-1-3-7-16;1-2-11(14-7-5-13-6-8-14)10-4-9-15-12(10)3-1;/h1-3,6-15,22-23H,4-5,16-21,24H2;1-3,6-11,14H,4-5,12-13,15H2;1-4,9,13H,5-8H2;1H/i4D2,5D2,16D2,21D2;4D2,5D2,12D2,13D2;;. The van der Waals surface area contributed by atoms with Crippen molar-refractivity contribution in [1.29, 1.82) is 0 Å². The van der Waals surface area contributed by atoms with E-state index in [1.165, 1.54) is 44.9 Å². The van der Waals surface area contributed by atoms with E-state index in [1.807, 2.05) is 102 Å². The van der Waals surface area contributed by atoms with Crippen LogP contribution in [0, 0.1) is 0 Å². The first-order valence-corrected chi connectivity index (χ1v) is 27.7. The van der Waals surface area contributed by atoms with Gasteiger partial charge in [0, 0.05) is 141 Å². The van der Waals surface area contributed by atoms with Crippen LogP contribution in [0.25, 0.3) is 42.0 Å². The largest absolute Gasteiger partial charge is 0.494 e. The monoisotopic (exact) mass is 1180 g/mol. The van der Waals surface area contributed by atoms with E-state index in [2.05, 4.69) is 70.7 Å². The Balaban J connectivity index is 0.000000186. The van der Waals surface area contributed by atoms with Gasteiger partial charge in [-0.2, -0.15) is 0 Å². The van der Waals surface area contributed by atoms with Gasteiger partial charge in [-0.25, -0.2) is 9.97 Å². The Bertz CT molecular complexity index is 4170. The normalized spacial score (nSPS) is 18.1. The second-order valence-electron chi connectivity index (χ2n) is 17.6. The van der Waals surface area contributed by atoms with E-state index >= 15 is 0 Å². The van der Waals surface area contributed by atoms with E-state index in [4.69, 9.17) is 40.9 Å². The molecule has 0 saturated carbocycles. The Morgan fingerprint density at radius 1 is 0.500 bits per heavy atom. The van der Waals surface area contributed by atoms with Crippen molar-refractivity contribution in [3.63, 3.8) is 0 Å². The number of aromatic nitrogens is 2. The maximum Gasteiger partial charge on any atom is 0.214 e. The molecule has 10 nitrogen and oxygen atoms in total. The molecule has 12 rings (SSSR count). The van der Waals surface area contributed by atoms with Gasteiger partial charge in [0.05, 0.1) is 29.6 Å². The van der Waals surface area contributed by atoms with E-state index in [1.54, 1.807) is 47.7 Å². The molecule has 0 radical (unpaired) electrons. The number of pyridine rings is 2. The van der Waals surface area contributed by atoms with Gasteiger partial charge in [0.2, 0.25) is 11.8 Å². The molecule has 1 N–H and O–H groups in total. The van der Waals surface area contributed by atoms with Crippen LogP contribution in [0.1, 0.15) is 58.6 Å². The molecule has 14 heteroatoms. The van der Waals surface area contributed by atoms with Crippen LogP contribution in [0.3, 0.4) is 0 Å². The number of fused-ring (bicyclic) bond motifs is 4. The molecular weight excluding hydrogens is 1100 g/mol. The number of benzene rings is 6. The van der Waals surface area contributed by atoms with Gasteiger partial charge in [0.25, 0.3) is 0 Å². The van der Waals surface area contributed by atoms with Gasteiger partial charge in [-0.3, -0.25) is 4.90 Å². The summed E-state index contributed by atoms with van der Waals surface area (Å²) < 4.78 is 156. The second kappa shape index (κ2) is 29.5. The first-order valence-electron chi connectivity index (χ1n) is 33.1. The van der Waals surface area contributed by atoms with E-state index in [-0.39, 0.29) is 37.0 Å². The summed E-state index contributed by atoms with van der Waals surface area (Å²) in [4.78, 5) is 14.7. The van der Waals surface area contributed by atoms with Crippen molar-refractivity contribution in [3.8, 4) is 23.3 Å². The highest BCUT2D eigenvalue weighted by molar-refractivity contribution is 9.09. The van der Waals surface area contributed by atoms with E-state index < -0.39 is 50.4 Å². The molecule has 0 spiro atoms. The minimum Gasteiger partial charge on any atom is -0.494 e. The molecule has 2 aliphatic rings. The number of alkyl halides is 1. The summed E-state index contributed by atoms with van der Waals surface area (Å²) in [7, 11) is 0. The molecule has 0 unspecified atom stereocenters. The Kier molecular flexibility index (Phi) is 14.8. The van der Waals surface area contributed by atoms with Crippen molar-refractivity contribution in [2.24, 2.45) is 0 Å². The third-order valence-corrected chi connectivity index (χ3v) is 14.5. The molecule has 2 saturated heterocycles. The number of thiophene rings is 2. The molecule has 2 aliphatic heterocycles. The number of rotatable bonds is 19. The second-order valence-corrected chi connectivity index (χ2v) is 19.9. The van der Waals surface area contributed by atoms with Gasteiger partial charge < -0.3 is 34.1 Å². The topological polar surface area (TPSA) is 84.4 Å². The summed E-state index contributed by atoms with van der Waals surface area (Å²) in [6, 6.07) is 51.8. The molecule has 6 heterocycles. The fraction of sp³-hybridized carbons (Fsp3) is 0.281. The minimum absolute atomic E-state index is 0. The van der Waals surface area contributed by atoms with Gasteiger partial charge in [0.15, 0.2) is 0 Å². The summed E-state index contributed by atoms with van der Waals surface area (Å²) >= 11 is 5.92. The fourth-order valence-corrected chi connectivity index (χ4v) is 10.4. The molecule has 2 fully saturated rings. The summed E-state index contributed by atoms with van der Waals surface area (Å²) in [5.41, 5.74) is 5.15. The molecule has 6 aromatic carbocycles. The van der Waals surface area contributed by atoms with Crippen LogP contribution < -0.4 is 34.1 Å². The van der Waals surface area contributed by atoms with Gasteiger partial charge in [-0.15, -0.1) is 35.1 Å². The van der Waals surface area contributed by atoms with Crippen LogP contribution in [0.5, 0.6) is 23.3 Å². The van der Waals surface area contributed by atoms with Crippen molar-refractivity contribution >= 4 is 104 Å².